The van der Waals surface area contributed by atoms with Crippen LogP contribution in [0.4, 0.5) is 5.82 Å². The van der Waals surface area contributed by atoms with Crippen LogP contribution in [0.15, 0.2) is 28.0 Å². The van der Waals surface area contributed by atoms with Crippen molar-refractivity contribution in [3.63, 3.8) is 0 Å². The summed E-state index contributed by atoms with van der Waals surface area (Å²) >= 11 is 5.40. The molecule has 0 radical (unpaired) electrons. The fraction of sp³-hybridized carbons (Fsp3) is 0.400. The summed E-state index contributed by atoms with van der Waals surface area (Å²) in [5.41, 5.74) is 11.2. The van der Waals surface area contributed by atoms with Crippen LogP contribution in [0.25, 0.3) is 16.8 Å². The summed E-state index contributed by atoms with van der Waals surface area (Å²) < 4.78 is 2.41. The number of hydrogen-bond acceptors (Lipinski definition) is 6. The molecular weight excluding hydrogens is 454 g/mol. The highest BCUT2D eigenvalue weighted by Crippen LogP contribution is 2.41. The fourth-order valence-corrected chi connectivity index (χ4v) is 5.88. The zero-order chi connectivity index (χ0) is 20.1. The minimum atomic E-state index is -0.703. The van der Waals surface area contributed by atoms with Gasteiger partial charge < -0.3 is 10.8 Å². The van der Waals surface area contributed by atoms with Crippen molar-refractivity contribution >= 4 is 45.1 Å². The molecule has 0 atom stereocenters. The molecule has 29 heavy (non-hydrogen) atoms. The Bertz CT molecular complexity index is 1120. The molecule has 150 valence electrons. The van der Waals surface area contributed by atoms with Crippen LogP contribution >= 0.6 is 27.7 Å². The molecule has 3 aromatic heterocycles. The molecule has 0 bridgehead atoms. The van der Waals surface area contributed by atoms with E-state index in [4.69, 9.17) is 10.7 Å². The average molecular weight is 474 g/mol. The van der Waals surface area contributed by atoms with Gasteiger partial charge in [0.25, 0.3) is 0 Å². The Labute approximate surface area is 180 Å². The minimum Gasteiger partial charge on any atom is -0.481 e. The predicted molar refractivity (Wildman–Crippen MR) is 115 cm³/mol. The topological polar surface area (TPSA) is 106 Å². The van der Waals surface area contributed by atoms with Gasteiger partial charge in [0.15, 0.2) is 5.65 Å². The molecule has 9 heteroatoms. The number of carbonyl (C=O) groups is 1. The van der Waals surface area contributed by atoms with Gasteiger partial charge in [0.2, 0.25) is 0 Å². The van der Waals surface area contributed by atoms with Gasteiger partial charge in [0.05, 0.1) is 27.3 Å². The Kier molecular flexibility index (Phi) is 4.74. The highest BCUT2D eigenvalue weighted by molar-refractivity contribution is 9.10. The van der Waals surface area contributed by atoms with Crippen molar-refractivity contribution in [3.8, 4) is 11.1 Å². The Morgan fingerprint density at radius 1 is 1.28 bits per heavy atom. The van der Waals surface area contributed by atoms with Crippen LogP contribution in [-0.2, 0) is 11.2 Å². The number of aliphatic carboxylic acids is 1. The summed E-state index contributed by atoms with van der Waals surface area (Å²) in [7, 11) is 0. The molecule has 0 saturated heterocycles. The number of carboxylic acids is 1. The van der Waals surface area contributed by atoms with Gasteiger partial charge in [-0.2, -0.15) is 9.61 Å². The highest BCUT2D eigenvalue weighted by Gasteiger charge is 2.30. The van der Waals surface area contributed by atoms with E-state index in [1.54, 1.807) is 22.5 Å². The van der Waals surface area contributed by atoms with Crippen molar-refractivity contribution in [2.75, 3.05) is 11.5 Å². The number of aryl methyl sites for hydroxylation is 1. The molecular formula is C20H20BrN5O2S. The van der Waals surface area contributed by atoms with Gasteiger partial charge in [-0.25, -0.2) is 9.97 Å². The Morgan fingerprint density at radius 2 is 2.07 bits per heavy atom. The second kappa shape index (κ2) is 7.28. The van der Waals surface area contributed by atoms with Crippen molar-refractivity contribution in [2.45, 2.75) is 43.0 Å². The van der Waals surface area contributed by atoms with Gasteiger partial charge in [-0.15, -0.1) is 11.8 Å². The van der Waals surface area contributed by atoms with Gasteiger partial charge in [0.1, 0.15) is 5.82 Å². The lowest BCUT2D eigenvalue weighted by atomic mass is 9.80. The lowest BCUT2D eigenvalue weighted by molar-refractivity contribution is -0.142. The standard InChI is InChI=1S/C20H20BrN5O2S/c21-15-16(10-1-3-11(4-2-10)20(27)28)25-18-14(9-24-26(18)17(15)22)13-7-12-5-6-29-19(12)23-8-13/h7-11H,1-6,22H2,(H,27,28)/t10-,11-. The quantitative estimate of drug-likeness (QED) is 0.588. The van der Waals surface area contributed by atoms with E-state index in [1.165, 1.54) is 5.56 Å². The molecule has 4 heterocycles. The molecule has 3 N–H and O–H groups in total. The number of thioether (sulfide) groups is 1. The van der Waals surface area contributed by atoms with E-state index in [1.807, 2.05) is 6.20 Å². The van der Waals surface area contributed by atoms with Crippen molar-refractivity contribution < 1.29 is 9.90 Å². The molecule has 0 spiro atoms. The third-order valence-electron chi connectivity index (χ3n) is 5.96. The molecule has 1 aliphatic heterocycles. The lowest BCUT2D eigenvalue weighted by Crippen LogP contribution is -2.21. The first kappa shape index (κ1) is 18.9. The van der Waals surface area contributed by atoms with Crippen LogP contribution in [0, 0.1) is 5.92 Å². The van der Waals surface area contributed by atoms with Gasteiger partial charge in [-0.05, 0) is 59.7 Å². The van der Waals surface area contributed by atoms with Crippen molar-refractivity contribution in [1.82, 2.24) is 19.6 Å². The molecule has 5 rings (SSSR count). The third-order valence-corrected chi connectivity index (χ3v) is 7.82. The average Bonchev–Trinajstić information content (AvgIpc) is 3.37. The number of nitrogens with zero attached hydrogens (tertiary/aromatic N) is 4. The van der Waals surface area contributed by atoms with E-state index in [2.05, 4.69) is 32.1 Å². The molecule has 0 unspecified atom stereocenters. The van der Waals surface area contributed by atoms with Crippen LogP contribution in [-0.4, -0.2) is 36.4 Å². The molecule has 0 aromatic carbocycles. The number of nitrogen functional groups attached to an aromatic ring is 1. The van der Waals surface area contributed by atoms with E-state index < -0.39 is 5.97 Å². The smallest absolute Gasteiger partial charge is 0.306 e. The molecule has 7 nitrogen and oxygen atoms in total. The number of rotatable bonds is 3. The van der Waals surface area contributed by atoms with E-state index >= 15 is 0 Å². The zero-order valence-electron chi connectivity index (χ0n) is 15.6. The first-order valence-electron chi connectivity index (χ1n) is 9.70. The first-order valence-corrected chi connectivity index (χ1v) is 11.5. The summed E-state index contributed by atoms with van der Waals surface area (Å²) in [6, 6.07) is 2.18. The Hall–Kier alpha value is -2.13. The normalized spacial score (nSPS) is 21.4. The molecule has 2 aliphatic rings. The summed E-state index contributed by atoms with van der Waals surface area (Å²) in [5, 5.41) is 14.8. The summed E-state index contributed by atoms with van der Waals surface area (Å²) in [4.78, 5) is 20.8. The molecule has 1 saturated carbocycles. The van der Waals surface area contributed by atoms with E-state index in [0.717, 1.165) is 51.3 Å². The van der Waals surface area contributed by atoms with Crippen molar-refractivity contribution in [3.05, 3.63) is 34.2 Å². The summed E-state index contributed by atoms with van der Waals surface area (Å²) in [6.07, 6.45) is 7.61. The second-order valence-corrected chi connectivity index (χ2v) is 9.54. The van der Waals surface area contributed by atoms with E-state index in [-0.39, 0.29) is 11.8 Å². The van der Waals surface area contributed by atoms with Gasteiger partial charge in [-0.3, -0.25) is 4.79 Å². The van der Waals surface area contributed by atoms with E-state index in [0.29, 0.717) is 24.3 Å². The Balaban J connectivity index is 1.56. The van der Waals surface area contributed by atoms with E-state index in [9.17, 15) is 9.90 Å². The van der Waals surface area contributed by atoms with Crippen LogP contribution in [0.1, 0.15) is 42.9 Å². The van der Waals surface area contributed by atoms with Gasteiger partial charge in [-0.1, -0.05) is 0 Å². The number of carboxylic acid groups (broad SMARTS) is 1. The number of pyridine rings is 1. The maximum absolute atomic E-state index is 11.3. The maximum atomic E-state index is 11.3. The first-order chi connectivity index (χ1) is 14.0. The van der Waals surface area contributed by atoms with Crippen molar-refractivity contribution in [2.24, 2.45) is 5.92 Å². The number of anilines is 1. The number of halogens is 1. The van der Waals surface area contributed by atoms with Crippen molar-refractivity contribution in [1.29, 1.82) is 0 Å². The van der Waals surface area contributed by atoms with Crippen LogP contribution in [0.2, 0.25) is 0 Å². The number of fused-ring (bicyclic) bond motifs is 2. The summed E-state index contributed by atoms with van der Waals surface area (Å²) in [5.74, 6) is 0.811. The predicted octanol–water partition coefficient (Wildman–Crippen LogP) is 4.14. The van der Waals surface area contributed by atoms with Crippen LogP contribution in [0.5, 0.6) is 0 Å². The third kappa shape index (κ3) is 3.20. The van der Waals surface area contributed by atoms with Gasteiger partial charge in [0, 0.05) is 29.0 Å². The maximum Gasteiger partial charge on any atom is 0.306 e. The largest absolute Gasteiger partial charge is 0.481 e. The monoisotopic (exact) mass is 473 g/mol. The number of nitrogens with two attached hydrogens (primary N) is 1. The van der Waals surface area contributed by atoms with Crippen LogP contribution in [0.3, 0.4) is 0 Å². The number of aromatic nitrogens is 4. The zero-order valence-corrected chi connectivity index (χ0v) is 18.0. The molecule has 1 fully saturated rings. The molecule has 0 amide bonds. The molecule has 3 aromatic rings. The fourth-order valence-electron chi connectivity index (χ4n) is 4.31. The minimum absolute atomic E-state index is 0.185. The Morgan fingerprint density at radius 3 is 2.83 bits per heavy atom. The highest BCUT2D eigenvalue weighted by atomic mass is 79.9. The molecule has 1 aliphatic carbocycles. The SMILES string of the molecule is Nc1c(Br)c([C@H]2CC[C@H](C(=O)O)CC2)nc2c(-c3cnc4c(c3)CCS4)cnn12. The number of hydrogen-bond donors (Lipinski definition) is 2. The van der Waals surface area contributed by atoms with Gasteiger partial charge >= 0.3 is 5.97 Å². The summed E-state index contributed by atoms with van der Waals surface area (Å²) in [6.45, 7) is 0. The second-order valence-electron chi connectivity index (χ2n) is 7.66. The lowest BCUT2D eigenvalue weighted by Gasteiger charge is -2.26. The van der Waals surface area contributed by atoms with Crippen LogP contribution < -0.4 is 5.73 Å².